The van der Waals surface area contributed by atoms with Gasteiger partial charge in [-0.25, -0.2) is 0 Å². The highest BCUT2D eigenvalue weighted by Crippen LogP contribution is 2.36. The molecule has 0 bridgehead atoms. The van der Waals surface area contributed by atoms with Crippen molar-refractivity contribution in [3.63, 3.8) is 0 Å². The monoisotopic (exact) mass is 358 g/mol. The number of rotatable bonds is 3. The molecule has 23 heavy (non-hydrogen) atoms. The van der Waals surface area contributed by atoms with E-state index in [9.17, 15) is 13.2 Å². The van der Waals surface area contributed by atoms with Crippen molar-refractivity contribution >= 4 is 34.6 Å². The molecule has 0 aromatic heterocycles. The molecule has 0 heterocycles. The molecule has 7 heteroatoms. The Labute approximate surface area is 142 Å². The van der Waals surface area contributed by atoms with Crippen molar-refractivity contribution in [2.45, 2.75) is 19.6 Å². The summed E-state index contributed by atoms with van der Waals surface area (Å²) >= 11 is 10.7. The largest absolute Gasteiger partial charge is 0.417 e. The summed E-state index contributed by atoms with van der Waals surface area (Å²) in [6.07, 6.45) is -4.51. The lowest BCUT2D eigenvalue weighted by atomic mass is 10.1. The Morgan fingerprint density at radius 3 is 2.57 bits per heavy atom. The molecule has 0 fully saturated rings. The van der Waals surface area contributed by atoms with Gasteiger partial charge in [-0.3, -0.25) is 0 Å². The molecule has 0 aliphatic heterocycles. The van der Waals surface area contributed by atoms with Crippen LogP contribution in [0.2, 0.25) is 5.02 Å². The van der Waals surface area contributed by atoms with Crippen LogP contribution in [0.4, 0.5) is 18.9 Å². The smallest absolute Gasteiger partial charge is 0.358 e. The van der Waals surface area contributed by atoms with Crippen molar-refractivity contribution in [1.29, 1.82) is 0 Å². The Balaban J connectivity index is 2.00. The number of anilines is 1. The van der Waals surface area contributed by atoms with E-state index < -0.39 is 11.7 Å². The fourth-order valence-electron chi connectivity index (χ4n) is 2.00. The molecule has 2 rings (SSSR count). The second-order valence-electron chi connectivity index (χ2n) is 4.99. The van der Waals surface area contributed by atoms with Gasteiger partial charge in [-0.1, -0.05) is 41.4 Å². The summed E-state index contributed by atoms with van der Waals surface area (Å²) in [5.74, 6) is 0. The SMILES string of the molecule is Cc1cccc(CNC(=S)Nc2ccc(Cl)c(C(F)(F)F)c2)c1. The lowest BCUT2D eigenvalue weighted by molar-refractivity contribution is -0.137. The number of benzene rings is 2. The van der Waals surface area contributed by atoms with Gasteiger partial charge in [-0.05, 0) is 42.9 Å². The maximum absolute atomic E-state index is 12.8. The first-order valence-corrected chi connectivity index (χ1v) is 7.51. The van der Waals surface area contributed by atoms with Crippen molar-refractivity contribution in [1.82, 2.24) is 5.32 Å². The minimum Gasteiger partial charge on any atom is -0.358 e. The molecule has 0 saturated heterocycles. The fraction of sp³-hybridized carbons (Fsp3) is 0.188. The highest BCUT2D eigenvalue weighted by Gasteiger charge is 2.33. The summed E-state index contributed by atoms with van der Waals surface area (Å²) in [6, 6.07) is 11.4. The molecule has 0 amide bonds. The Morgan fingerprint density at radius 2 is 1.91 bits per heavy atom. The normalized spacial score (nSPS) is 11.2. The van der Waals surface area contributed by atoms with E-state index in [1.165, 1.54) is 12.1 Å². The van der Waals surface area contributed by atoms with Crippen LogP contribution in [-0.2, 0) is 12.7 Å². The first-order chi connectivity index (χ1) is 10.8. The van der Waals surface area contributed by atoms with Crippen LogP contribution in [0, 0.1) is 6.92 Å². The van der Waals surface area contributed by atoms with Crippen LogP contribution in [0.3, 0.4) is 0 Å². The van der Waals surface area contributed by atoms with Crippen LogP contribution in [-0.4, -0.2) is 5.11 Å². The molecule has 0 radical (unpaired) electrons. The van der Waals surface area contributed by atoms with Crippen molar-refractivity contribution < 1.29 is 13.2 Å². The average molecular weight is 359 g/mol. The van der Waals surface area contributed by atoms with Crippen molar-refractivity contribution in [2.75, 3.05) is 5.32 Å². The number of alkyl halides is 3. The number of hydrogen-bond acceptors (Lipinski definition) is 1. The first kappa shape index (κ1) is 17.6. The Kier molecular flexibility index (Phi) is 5.49. The van der Waals surface area contributed by atoms with Crippen LogP contribution >= 0.6 is 23.8 Å². The summed E-state index contributed by atoms with van der Waals surface area (Å²) < 4.78 is 38.4. The van der Waals surface area contributed by atoms with E-state index in [0.29, 0.717) is 6.54 Å². The van der Waals surface area contributed by atoms with E-state index in [0.717, 1.165) is 17.2 Å². The molecule has 0 aliphatic rings. The van der Waals surface area contributed by atoms with Gasteiger partial charge in [0.05, 0.1) is 10.6 Å². The average Bonchev–Trinajstić information content (AvgIpc) is 2.46. The lowest BCUT2D eigenvalue weighted by Gasteiger charge is -2.14. The topological polar surface area (TPSA) is 24.1 Å². The van der Waals surface area contributed by atoms with Crippen molar-refractivity contribution in [3.8, 4) is 0 Å². The molecule has 2 N–H and O–H groups in total. The molecule has 2 nitrogen and oxygen atoms in total. The number of nitrogens with one attached hydrogen (secondary N) is 2. The zero-order valence-electron chi connectivity index (χ0n) is 12.2. The zero-order chi connectivity index (χ0) is 17.0. The van der Waals surface area contributed by atoms with Crippen LogP contribution in [0.25, 0.3) is 0 Å². The first-order valence-electron chi connectivity index (χ1n) is 6.73. The third-order valence-corrected chi connectivity index (χ3v) is 3.64. The maximum atomic E-state index is 12.8. The van der Waals surface area contributed by atoms with Crippen LogP contribution in [0.5, 0.6) is 0 Å². The molecule has 0 saturated carbocycles. The van der Waals surface area contributed by atoms with Gasteiger partial charge in [0, 0.05) is 12.2 Å². The quantitative estimate of drug-likeness (QED) is 0.742. The molecule has 0 spiro atoms. The van der Waals surface area contributed by atoms with E-state index in [1.54, 1.807) is 0 Å². The molecule has 0 atom stereocenters. The number of hydrogen-bond donors (Lipinski definition) is 2. The van der Waals surface area contributed by atoms with Gasteiger partial charge in [-0.2, -0.15) is 13.2 Å². The second-order valence-corrected chi connectivity index (χ2v) is 5.80. The predicted octanol–water partition coefficient (Wildman–Crippen LogP) is 5.15. The Hall–Kier alpha value is -1.79. The summed E-state index contributed by atoms with van der Waals surface area (Å²) in [6.45, 7) is 2.46. The van der Waals surface area contributed by atoms with Gasteiger partial charge in [-0.15, -0.1) is 0 Å². The minimum absolute atomic E-state index is 0.225. The van der Waals surface area contributed by atoms with E-state index in [-0.39, 0.29) is 15.8 Å². The van der Waals surface area contributed by atoms with Gasteiger partial charge in [0.1, 0.15) is 0 Å². The summed E-state index contributed by atoms with van der Waals surface area (Å²) in [4.78, 5) is 0. The lowest BCUT2D eigenvalue weighted by Crippen LogP contribution is -2.28. The minimum atomic E-state index is -4.51. The molecule has 122 valence electrons. The Morgan fingerprint density at radius 1 is 1.17 bits per heavy atom. The highest BCUT2D eigenvalue weighted by atomic mass is 35.5. The van der Waals surface area contributed by atoms with Crippen LogP contribution in [0.1, 0.15) is 16.7 Å². The van der Waals surface area contributed by atoms with Crippen molar-refractivity contribution in [2.24, 2.45) is 0 Å². The van der Waals surface area contributed by atoms with Crippen LogP contribution < -0.4 is 10.6 Å². The van der Waals surface area contributed by atoms with E-state index in [4.69, 9.17) is 23.8 Å². The zero-order valence-corrected chi connectivity index (χ0v) is 13.7. The van der Waals surface area contributed by atoms with Gasteiger partial charge < -0.3 is 10.6 Å². The van der Waals surface area contributed by atoms with Crippen molar-refractivity contribution in [3.05, 3.63) is 64.2 Å². The summed E-state index contributed by atoms with van der Waals surface area (Å²) in [5, 5.41) is 5.57. The third kappa shape index (κ3) is 5.11. The number of halogens is 4. The van der Waals surface area contributed by atoms with E-state index >= 15 is 0 Å². The standard InChI is InChI=1S/C16H14ClF3N2S/c1-10-3-2-4-11(7-10)9-21-15(23)22-12-5-6-14(17)13(8-12)16(18,19)20/h2-8H,9H2,1H3,(H2,21,22,23). The molecule has 2 aromatic rings. The maximum Gasteiger partial charge on any atom is 0.417 e. The number of aryl methyl sites for hydroxylation is 1. The van der Waals surface area contributed by atoms with Gasteiger partial charge in [0.2, 0.25) is 0 Å². The highest BCUT2D eigenvalue weighted by molar-refractivity contribution is 7.80. The van der Waals surface area contributed by atoms with Gasteiger partial charge in [0.15, 0.2) is 5.11 Å². The molecular weight excluding hydrogens is 345 g/mol. The van der Waals surface area contributed by atoms with Crippen LogP contribution in [0.15, 0.2) is 42.5 Å². The summed E-state index contributed by atoms with van der Waals surface area (Å²) in [7, 11) is 0. The molecule has 2 aromatic carbocycles. The predicted molar refractivity (Wildman–Crippen MR) is 90.7 cm³/mol. The van der Waals surface area contributed by atoms with Gasteiger partial charge >= 0.3 is 6.18 Å². The Bertz CT molecular complexity index is 717. The van der Waals surface area contributed by atoms with E-state index in [2.05, 4.69) is 10.6 Å². The summed E-state index contributed by atoms with van der Waals surface area (Å²) in [5.41, 5.74) is 1.48. The molecular formula is C16H14ClF3N2S. The van der Waals surface area contributed by atoms with Gasteiger partial charge in [0.25, 0.3) is 0 Å². The molecule has 0 unspecified atom stereocenters. The van der Waals surface area contributed by atoms with E-state index in [1.807, 2.05) is 31.2 Å². The number of thiocarbonyl (C=S) groups is 1. The molecule has 0 aliphatic carbocycles. The fourth-order valence-corrected chi connectivity index (χ4v) is 2.41. The second kappa shape index (κ2) is 7.19. The third-order valence-electron chi connectivity index (χ3n) is 3.07.